The summed E-state index contributed by atoms with van der Waals surface area (Å²) in [5, 5.41) is 0. The summed E-state index contributed by atoms with van der Waals surface area (Å²) in [6, 6.07) is 17.2. The predicted molar refractivity (Wildman–Crippen MR) is 129 cm³/mol. The maximum Gasteiger partial charge on any atom is 0.227 e. The first-order chi connectivity index (χ1) is 16.0. The smallest absolute Gasteiger partial charge is 0.227 e. The minimum absolute atomic E-state index is 0.0171. The molecule has 2 aromatic carbocycles. The zero-order chi connectivity index (χ0) is 23.2. The second-order valence-corrected chi connectivity index (χ2v) is 9.75. The molecule has 1 amide bonds. The lowest BCUT2D eigenvalue weighted by Crippen LogP contribution is -2.49. The molecule has 2 aliphatic heterocycles. The van der Waals surface area contributed by atoms with E-state index in [-0.39, 0.29) is 23.6 Å². The van der Waals surface area contributed by atoms with E-state index in [1.54, 1.807) is 12.1 Å². The van der Waals surface area contributed by atoms with Crippen molar-refractivity contribution < 1.29 is 13.9 Å². The molecule has 2 saturated heterocycles. The number of carbonyl (C=O) groups excluding carboxylic acids is 1. The Morgan fingerprint density at radius 1 is 1.09 bits per heavy atom. The quantitative estimate of drug-likeness (QED) is 0.613. The van der Waals surface area contributed by atoms with Crippen molar-refractivity contribution in [2.45, 2.75) is 25.3 Å². The number of rotatable bonds is 8. The molecule has 5 nitrogen and oxygen atoms in total. The molecule has 0 saturated carbocycles. The number of benzene rings is 2. The Bertz CT molecular complexity index is 907. The molecular weight excluding hydrogens is 417 g/mol. The van der Waals surface area contributed by atoms with E-state index in [0.717, 1.165) is 52.0 Å². The van der Waals surface area contributed by atoms with Crippen molar-refractivity contribution in [2.75, 3.05) is 53.4 Å². The van der Waals surface area contributed by atoms with Gasteiger partial charge in [-0.05, 0) is 51.1 Å². The van der Waals surface area contributed by atoms with Crippen molar-refractivity contribution in [3.8, 4) is 5.75 Å². The maximum atomic E-state index is 13.5. The standard InChI is InChI=1S/C27H36FN3O2/c1-29(2)25-12-14-31(19-25)27(32)23-15-22(20-33-26-10-6-9-24(28)16-26)17-30(18-23)13-11-21-7-4-3-5-8-21/h3-10,16,22-23,25H,11-15,17-20H2,1-2H3/t22-,23+,25?/m0/s1. The molecule has 4 rings (SSSR count). The molecule has 2 aliphatic rings. The molecule has 0 aromatic heterocycles. The van der Waals surface area contributed by atoms with Crippen molar-refractivity contribution in [3.63, 3.8) is 0 Å². The number of likely N-dealkylation sites (tertiary alicyclic amines) is 2. The number of hydrogen-bond acceptors (Lipinski definition) is 4. The molecule has 3 atom stereocenters. The van der Waals surface area contributed by atoms with Gasteiger partial charge in [-0.15, -0.1) is 0 Å². The van der Waals surface area contributed by atoms with Crippen LogP contribution in [0, 0.1) is 17.7 Å². The lowest BCUT2D eigenvalue weighted by molar-refractivity contribution is -0.137. The Balaban J connectivity index is 1.40. The van der Waals surface area contributed by atoms with Gasteiger partial charge in [-0.2, -0.15) is 0 Å². The first kappa shape index (κ1) is 23.7. The highest BCUT2D eigenvalue weighted by molar-refractivity contribution is 5.79. The number of halogens is 1. The fourth-order valence-corrected chi connectivity index (χ4v) is 5.11. The van der Waals surface area contributed by atoms with E-state index in [0.29, 0.717) is 18.4 Å². The largest absolute Gasteiger partial charge is 0.493 e. The second kappa shape index (κ2) is 11.1. The Morgan fingerprint density at radius 2 is 1.91 bits per heavy atom. The van der Waals surface area contributed by atoms with Gasteiger partial charge in [0, 0.05) is 50.7 Å². The molecule has 178 valence electrons. The number of nitrogens with zero attached hydrogens (tertiary/aromatic N) is 3. The van der Waals surface area contributed by atoms with Gasteiger partial charge >= 0.3 is 0 Å². The summed E-state index contributed by atoms with van der Waals surface area (Å²) in [7, 11) is 4.18. The van der Waals surface area contributed by atoms with E-state index < -0.39 is 0 Å². The van der Waals surface area contributed by atoms with Crippen LogP contribution in [0.5, 0.6) is 5.75 Å². The molecule has 0 N–H and O–H groups in total. The number of hydrogen-bond donors (Lipinski definition) is 0. The summed E-state index contributed by atoms with van der Waals surface area (Å²) >= 11 is 0. The van der Waals surface area contributed by atoms with Gasteiger partial charge in [-0.25, -0.2) is 4.39 Å². The van der Waals surface area contributed by atoms with Gasteiger partial charge in [0.2, 0.25) is 5.91 Å². The third kappa shape index (κ3) is 6.55. The summed E-state index contributed by atoms with van der Waals surface area (Å²) in [4.78, 5) is 20.1. The fourth-order valence-electron chi connectivity index (χ4n) is 5.11. The van der Waals surface area contributed by atoms with Gasteiger partial charge in [0.15, 0.2) is 0 Å². The van der Waals surface area contributed by atoms with E-state index in [9.17, 15) is 9.18 Å². The highest BCUT2D eigenvalue weighted by Crippen LogP contribution is 2.27. The molecular formula is C27H36FN3O2. The predicted octanol–water partition coefficient (Wildman–Crippen LogP) is 3.55. The van der Waals surface area contributed by atoms with Crippen LogP contribution >= 0.6 is 0 Å². The van der Waals surface area contributed by atoms with Crippen molar-refractivity contribution in [2.24, 2.45) is 11.8 Å². The lowest BCUT2D eigenvalue weighted by atomic mass is 9.88. The molecule has 6 heteroatoms. The number of carbonyl (C=O) groups is 1. The Morgan fingerprint density at radius 3 is 2.64 bits per heavy atom. The van der Waals surface area contributed by atoms with Crippen molar-refractivity contribution in [1.29, 1.82) is 0 Å². The van der Waals surface area contributed by atoms with Gasteiger partial charge in [0.05, 0.1) is 12.5 Å². The van der Waals surface area contributed by atoms with Crippen LogP contribution in [0.15, 0.2) is 54.6 Å². The monoisotopic (exact) mass is 453 g/mol. The highest BCUT2D eigenvalue weighted by atomic mass is 19.1. The summed E-state index contributed by atoms with van der Waals surface area (Å²) in [6.07, 6.45) is 2.82. The molecule has 0 aliphatic carbocycles. The van der Waals surface area contributed by atoms with Crippen molar-refractivity contribution in [1.82, 2.24) is 14.7 Å². The van der Waals surface area contributed by atoms with Crippen LogP contribution in [-0.4, -0.2) is 80.1 Å². The SMILES string of the molecule is CN(C)C1CCN(C(=O)[C@@H]2C[C@H](COc3cccc(F)c3)CN(CCc3ccccc3)C2)C1. The van der Waals surface area contributed by atoms with Gasteiger partial charge in [-0.1, -0.05) is 36.4 Å². The zero-order valence-corrected chi connectivity index (χ0v) is 19.8. The van der Waals surface area contributed by atoms with E-state index in [1.807, 2.05) is 6.07 Å². The number of amides is 1. The van der Waals surface area contributed by atoms with Gasteiger partial charge in [-0.3, -0.25) is 4.79 Å². The average molecular weight is 454 g/mol. The number of ether oxygens (including phenoxy) is 1. The third-order valence-electron chi connectivity index (χ3n) is 7.01. The summed E-state index contributed by atoms with van der Waals surface area (Å²) in [6.45, 7) is 4.76. The lowest BCUT2D eigenvalue weighted by Gasteiger charge is -2.38. The number of likely N-dealkylation sites (N-methyl/N-ethyl adjacent to an activating group) is 1. The Kier molecular flexibility index (Phi) is 7.99. The minimum Gasteiger partial charge on any atom is -0.493 e. The van der Waals surface area contributed by atoms with E-state index in [1.165, 1.54) is 17.7 Å². The van der Waals surface area contributed by atoms with Crippen molar-refractivity contribution >= 4 is 5.91 Å². The first-order valence-corrected chi connectivity index (χ1v) is 12.1. The third-order valence-corrected chi connectivity index (χ3v) is 7.01. The topological polar surface area (TPSA) is 36.0 Å². The molecule has 0 bridgehead atoms. The summed E-state index contributed by atoms with van der Waals surface area (Å²) in [5.41, 5.74) is 1.31. The Labute approximate surface area is 197 Å². The summed E-state index contributed by atoms with van der Waals surface area (Å²) in [5.74, 6) is 0.751. The van der Waals surface area contributed by atoms with Gasteiger partial charge in [0.25, 0.3) is 0 Å². The highest BCUT2D eigenvalue weighted by Gasteiger charge is 2.37. The second-order valence-electron chi connectivity index (χ2n) is 9.75. The molecule has 2 heterocycles. The van der Waals surface area contributed by atoms with E-state index in [2.05, 4.69) is 53.1 Å². The maximum absolute atomic E-state index is 13.5. The molecule has 33 heavy (non-hydrogen) atoms. The van der Waals surface area contributed by atoms with Crippen LogP contribution in [0.3, 0.4) is 0 Å². The zero-order valence-electron chi connectivity index (χ0n) is 19.8. The van der Waals surface area contributed by atoms with E-state index in [4.69, 9.17) is 4.74 Å². The van der Waals surface area contributed by atoms with E-state index >= 15 is 0 Å². The van der Waals surface area contributed by atoms with Crippen LogP contribution < -0.4 is 4.74 Å². The average Bonchev–Trinajstić information content (AvgIpc) is 3.32. The Hall–Kier alpha value is -2.44. The van der Waals surface area contributed by atoms with Crippen LogP contribution in [0.25, 0.3) is 0 Å². The molecule has 2 fully saturated rings. The number of piperidine rings is 1. The molecule has 0 radical (unpaired) electrons. The van der Waals surface area contributed by atoms with Crippen LogP contribution in [0.1, 0.15) is 18.4 Å². The van der Waals surface area contributed by atoms with Crippen LogP contribution in [0.4, 0.5) is 4.39 Å². The van der Waals surface area contributed by atoms with Gasteiger partial charge < -0.3 is 19.4 Å². The van der Waals surface area contributed by atoms with Crippen LogP contribution in [0.2, 0.25) is 0 Å². The van der Waals surface area contributed by atoms with Crippen LogP contribution in [-0.2, 0) is 11.2 Å². The molecule has 2 aromatic rings. The van der Waals surface area contributed by atoms with Gasteiger partial charge in [0.1, 0.15) is 11.6 Å². The molecule has 1 unspecified atom stereocenters. The first-order valence-electron chi connectivity index (χ1n) is 12.1. The summed E-state index contributed by atoms with van der Waals surface area (Å²) < 4.78 is 19.5. The minimum atomic E-state index is -0.293. The van der Waals surface area contributed by atoms with Crippen molar-refractivity contribution in [3.05, 3.63) is 66.0 Å². The molecule has 0 spiro atoms. The fraction of sp³-hybridized carbons (Fsp3) is 0.519. The normalized spacial score (nSPS) is 23.8.